The number of aromatic nitrogens is 4. The SMILES string of the molecule is COC(=O)NC(C(=O)N1C2C(C[C@H]1c1ncc(-c3ccc(-c4ccc5c(ccc6[nH]c([C@@H]7[C@H]8CC[C@H](C8)N7C(=O)[C@@H](NC(=O)OC)C(C)C)nc65)c4)cc3F)[nH]1)[C@H]2C)C(C)C. The number of hydrogen-bond acceptors (Lipinski definition) is 8. The summed E-state index contributed by atoms with van der Waals surface area (Å²) in [4.78, 5) is 72.8. The molecule has 4 aliphatic rings. The molecule has 2 aliphatic heterocycles. The molecule has 3 aromatic carbocycles. The van der Waals surface area contributed by atoms with Crippen LogP contribution in [-0.4, -0.2) is 92.1 Å². The number of halogens is 1. The number of piperidine rings is 2. The highest BCUT2D eigenvalue weighted by Gasteiger charge is 2.61. The highest BCUT2D eigenvalue weighted by Crippen LogP contribution is 2.58. The highest BCUT2D eigenvalue weighted by atomic mass is 19.1. The molecule has 9 atom stereocenters. The number of aromatic amines is 2. The molecule has 9 rings (SSSR count). The zero-order valence-electron chi connectivity index (χ0n) is 35.5. The van der Waals surface area contributed by atoms with Crippen LogP contribution in [0.5, 0.6) is 0 Å². The number of ether oxygens (including phenoxy) is 2. The number of carbonyl (C=O) groups is 4. The summed E-state index contributed by atoms with van der Waals surface area (Å²) in [7, 11) is 2.57. The zero-order valence-corrected chi connectivity index (χ0v) is 35.5. The monoisotopic (exact) mass is 832 g/mol. The standard InChI is InChI=1S/C46H53FN8O6/c1-21(2)36(52-45(58)60-6)43(56)54-28-12-8-27(17-28)40(54)42-49-33-15-11-26-16-24(9-13-29(26)38(33)51-42)25-10-14-30(32(47)18-25)34-20-48-41(50-34)35-19-31-23(5)39(31)55(35)44(57)37(22(3)4)53-46(59)61-7/h9-11,13-16,18,20-23,27-28,31,35-37,39-40H,8,12,17,19H2,1-7H3,(H,48,50)(H,49,51)(H,52,58)(H,53,59)/t23-,27+,28-,31?,35+,36+,37?,39?,40+/m1/s1. The predicted octanol–water partition coefficient (Wildman–Crippen LogP) is 7.63. The van der Waals surface area contributed by atoms with Gasteiger partial charge in [0.05, 0.1) is 49.2 Å². The van der Waals surface area contributed by atoms with E-state index in [1.54, 1.807) is 12.3 Å². The van der Waals surface area contributed by atoms with Crippen LogP contribution in [0, 0.1) is 35.4 Å². The van der Waals surface area contributed by atoms with Gasteiger partial charge in [0.15, 0.2) is 0 Å². The zero-order chi connectivity index (χ0) is 43.0. The molecule has 14 nitrogen and oxygen atoms in total. The molecule has 4 N–H and O–H groups in total. The van der Waals surface area contributed by atoms with Crippen molar-refractivity contribution >= 4 is 45.8 Å². The third-order valence-corrected chi connectivity index (χ3v) is 13.8. The van der Waals surface area contributed by atoms with Gasteiger partial charge in [0.25, 0.3) is 0 Å². The van der Waals surface area contributed by atoms with Crippen molar-refractivity contribution in [3.63, 3.8) is 0 Å². The van der Waals surface area contributed by atoms with Crippen LogP contribution in [0.2, 0.25) is 0 Å². The summed E-state index contributed by atoms with van der Waals surface area (Å²) in [6.07, 6.45) is 3.89. The minimum absolute atomic E-state index is 0.0557. The summed E-state index contributed by atoms with van der Waals surface area (Å²) in [5.41, 5.74) is 4.09. The van der Waals surface area contributed by atoms with Crippen LogP contribution < -0.4 is 10.6 Å². The molecular formula is C46H53FN8O6. The average Bonchev–Trinajstić information content (AvgIpc) is 3.97. The maximum Gasteiger partial charge on any atom is 0.407 e. The number of carbonyl (C=O) groups excluding carboxylic acids is 4. The van der Waals surface area contributed by atoms with Crippen molar-refractivity contribution in [2.45, 2.75) is 96.6 Å². The fraction of sp³-hybridized carbons (Fsp3) is 0.478. The lowest BCUT2D eigenvalue weighted by Gasteiger charge is -2.37. The molecule has 2 aliphatic carbocycles. The minimum atomic E-state index is -0.754. The van der Waals surface area contributed by atoms with Gasteiger partial charge in [0.1, 0.15) is 29.5 Å². The van der Waals surface area contributed by atoms with Crippen molar-refractivity contribution in [1.29, 1.82) is 0 Å². The summed E-state index contributed by atoms with van der Waals surface area (Å²) >= 11 is 0. The quantitative estimate of drug-likeness (QED) is 0.111. The Morgan fingerprint density at radius 1 is 0.820 bits per heavy atom. The molecule has 4 heterocycles. The Hall–Kier alpha value is -5.99. The number of imidazole rings is 2. The number of benzene rings is 3. The van der Waals surface area contributed by atoms with Crippen LogP contribution in [-0.2, 0) is 19.1 Å². The topological polar surface area (TPSA) is 175 Å². The normalized spacial score (nSPS) is 25.0. The van der Waals surface area contributed by atoms with Gasteiger partial charge in [-0.3, -0.25) is 9.59 Å². The average molecular weight is 833 g/mol. The summed E-state index contributed by atoms with van der Waals surface area (Å²) in [5, 5.41) is 7.35. The number of H-pyrrole nitrogens is 2. The van der Waals surface area contributed by atoms with Gasteiger partial charge in [0.2, 0.25) is 11.8 Å². The predicted molar refractivity (Wildman–Crippen MR) is 226 cm³/mol. The van der Waals surface area contributed by atoms with E-state index in [2.05, 4.69) is 32.5 Å². The first-order valence-electron chi connectivity index (χ1n) is 21.4. The molecule has 0 radical (unpaired) electrons. The van der Waals surface area contributed by atoms with E-state index < -0.39 is 30.1 Å². The Morgan fingerprint density at radius 3 is 2.16 bits per heavy atom. The molecule has 2 aromatic heterocycles. The lowest BCUT2D eigenvalue weighted by Crippen LogP contribution is -2.54. The summed E-state index contributed by atoms with van der Waals surface area (Å²) in [6.45, 7) is 9.73. The van der Waals surface area contributed by atoms with Crippen molar-refractivity contribution in [2.75, 3.05) is 14.2 Å². The fourth-order valence-corrected chi connectivity index (χ4v) is 10.5. The van der Waals surface area contributed by atoms with Gasteiger partial charge in [0, 0.05) is 23.0 Å². The molecule has 2 bridgehead atoms. The lowest BCUT2D eigenvalue weighted by atomic mass is 9.95. The summed E-state index contributed by atoms with van der Waals surface area (Å²) < 4.78 is 25.7. The van der Waals surface area contributed by atoms with Gasteiger partial charge in [-0.2, -0.15) is 0 Å². The Labute approximate surface area is 353 Å². The molecule has 0 spiro atoms. The first kappa shape index (κ1) is 40.4. The minimum Gasteiger partial charge on any atom is -0.453 e. The number of rotatable bonds is 10. The van der Waals surface area contributed by atoms with Gasteiger partial charge in [-0.25, -0.2) is 23.9 Å². The number of likely N-dealkylation sites (tertiary alicyclic amines) is 2. The molecule has 5 aromatic rings. The molecule has 2 saturated heterocycles. The molecule has 2 saturated carbocycles. The molecule has 61 heavy (non-hydrogen) atoms. The number of fused-ring (bicyclic) bond motifs is 6. The third-order valence-electron chi connectivity index (χ3n) is 13.8. The highest BCUT2D eigenvalue weighted by molar-refractivity contribution is 6.05. The van der Waals surface area contributed by atoms with Gasteiger partial charge in [-0.1, -0.05) is 58.9 Å². The first-order chi connectivity index (χ1) is 29.3. The van der Waals surface area contributed by atoms with Crippen molar-refractivity contribution < 1.29 is 33.0 Å². The van der Waals surface area contributed by atoms with Crippen LogP contribution in [0.4, 0.5) is 14.0 Å². The number of alkyl carbamates (subject to hydrolysis) is 2. The molecule has 320 valence electrons. The van der Waals surface area contributed by atoms with Crippen molar-refractivity contribution in [3.8, 4) is 22.4 Å². The van der Waals surface area contributed by atoms with E-state index in [4.69, 9.17) is 14.5 Å². The van der Waals surface area contributed by atoms with Crippen molar-refractivity contribution in [1.82, 2.24) is 40.4 Å². The molecule has 4 fully saturated rings. The molecular weight excluding hydrogens is 780 g/mol. The smallest absolute Gasteiger partial charge is 0.407 e. The number of nitrogens with one attached hydrogen (secondary N) is 4. The summed E-state index contributed by atoms with van der Waals surface area (Å²) in [6, 6.07) is 13.3. The van der Waals surface area contributed by atoms with Gasteiger partial charge in [-0.15, -0.1) is 0 Å². The largest absolute Gasteiger partial charge is 0.453 e. The second-order valence-corrected chi connectivity index (χ2v) is 18.0. The maximum absolute atomic E-state index is 16.0. The second kappa shape index (κ2) is 15.5. The Bertz CT molecular complexity index is 2550. The van der Waals surface area contributed by atoms with Crippen LogP contribution in [0.25, 0.3) is 44.2 Å². The van der Waals surface area contributed by atoms with E-state index in [0.717, 1.165) is 58.9 Å². The van der Waals surface area contributed by atoms with E-state index in [0.29, 0.717) is 34.5 Å². The Balaban J connectivity index is 0.953. The van der Waals surface area contributed by atoms with Crippen molar-refractivity contribution in [3.05, 3.63) is 72.2 Å². The molecule has 4 amide bonds. The Morgan fingerprint density at radius 2 is 1.49 bits per heavy atom. The fourth-order valence-electron chi connectivity index (χ4n) is 10.5. The second-order valence-electron chi connectivity index (χ2n) is 18.0. The van der Waals surface area contributed by atoms with E-state index in [1.807, 2.05) is 73.9 Å². The molecule has 3 unspecified atom stereocenters. The lowest BCUT2D eigenvalue weighted by molar-refractivity contribution is -0.139. The van der Waals surface area contributed by atoms with Gasteiger partial charge < -0.3 is 39.9 Å². The van der Waals surface area contributed by atoms with E-state index in [-0.39, 0.29) is 53.7 Å². The van der Waals surface area contributed by atoms with Gasteiger partial charge >= 0.3 is 12.2 Å². The maximum atomic E-state index is 16.0. The summed E-state index contributed by atoms with van der Waals surface area (Å²) in [5.74, 6) is 1.27. The Kier molecular flexibility index (Phi) is 10.3. The van der Waals surface area contributed by atoms with Crippen LogP contribution >= 0.6 is 0 Å². The first-order valence-corrected chi connectivity index (χ1v) is 21.4. The van der Waals surface area contributed by atoms with Crippen LogP contribution in [0.15, 0.2) is 54.7 Å². The number of hydrogen-bond donors (Lipinski definition) is 4. The number of amides is 4. The number of methoxy groups -OCH3 is 2. The van der Waals surface area contributed by atoms with Crippen LogP contribution in [0.1, 0.15) is 84.0 Å². The molecule has 15 heteroatoms. The van der Waals surface area contributed by atoms with E-state index in [9.17, 15) is 19.2 Å². The van der Waals surface area contributed by atoms with Crippen molar-refractivity contribution in [2.24, 2.45) is 29.6 Å². The number of nitrogens with zero attached hydrogens (tertiary/aromatic N) is 4. The van der Waals surface area contributed by atoms with Crippen LogP contribution in [0.3, 0.4) is 0 Å². The van der Waals surface area contributed by atoms with E-state index in [1.165, 1.54) is 20.3 Å². The van der Waals surface area contributed by atoms with E-state index >= 15 is 4.39 Å². The van der Waals surface area contributed by atoms with Gasteiger partial charge in [-0.05, 0) is 96.1 Å². The third kappa shape index (κ3) is 6.95.